The molecule has 2 saturated heterocycles. The second kappa shape index (κ2) is 5.78. The highest BCUT2D eigenvalue weighted by atomic mass is 35.5. The van der Waals surface area contributed by atoms with Crippen LogP contribution in [0.25, 0.3) is 0 Å². The minimum atomic E-state index is -0.0117. The molecule has 1 amide bonds. The molecule has 0 aliphatic carbocycles. The van der Waals surface area contributed by atoms with Crippen molar-refractivity contribution in [1.82, 2.24) is 9.80 Å². The molecule has 2 aliphatic rings. The van der Waals surface area contributed by atoms with E-state index in [9.17, 15) is 4.79 Å². The van der Waals surface area contributed by atoms with Gasteiger partial charge in [-0.1, -0.05) is 6.92 Å². The van der Waals surface area contributed by atoms with Gasteiger partial charge in [0.2, 0.25) is 0 Å². The average molecular weight is 297 g/mol. The second-order valence-corrected chi connectivity index (χ2v) is 6.02. The first-order valence-corrected chi connectivity index (χ1v) is 7.89. The van der Waals surface area contributed by atoms with Crippen molar-refractivity contribution in [3.63, 3.8) is 0 Å². The molecule has 0 N–H and O–H groups in total. The fourth-order valence-electron chi connectivity index (χ4n) is 3.70. The van der Waals surface area contributed by atoms with Crippen molar-refractivity contribution in [1.29, 1.82) is 0 Å². The first-order chi connectivity index (χ1) is 9.70. The van der Waals surface area contributed by atoms with Crippen molar-refractivity contribution < 1.29 is 9.21 Å². The van der Waals surface area contributed by atoms with Gasteiger partial charge in [-0.3, -0.25) is 9.69 Å². The number of nitrogens with zero attached hydrogens (tertiary/aromatic N) is 2. The molecule has 2 aliphatic heterocycles. The Balaban J connectivity index is 1.77. The fraction of sp³-hybridized carbons (Fsp3) is 0.667. The van der Waals surface area contributed by atoms with Crippen LogP contribution in [0.15, 0.2) is 16.5 Å². The molecular weight excluding hydrogens is 276 g/mol. The topological polar surface area (TPSA) is 36.7 Å². The van der Waals surface area contributed by atoms with E-state index in [4.69, 9.17) is 16.0 Å². The normalized spacial score (nSPS) is 27.4. The Bertz CT molecular complexity index is 488. The molecule has 0 unspecified atom stereocenters. The Kier molecular flexibility index (Phi) is 4.03. The summed E-state index contributed by atoms with van der Waals surface area (Å²) < 4.78 is 5.28. The van der Waals surface area contributed by atoms with E-state index in [-0.39, 0.29) is 11.1 Å². The summed E-state index contributed by atoms with van der Waals surface area (Å²) in [5.74, 6) is 0.352. The predicted octanol–water partition coefficient (Wildman–Crippen LogP) is 3.02. The molecular formula is C15H21ClN2O2. The van der Waals surface area contributed by atoms with Crippen LogP contribution in [0.3, 0.4) is 0 Å². The third-order valence-corrected chi connectivity index (χ3v) is 4.81. The molecule has 3 rings (SSSR count). The van der Waals surface area contributed by atoms with Crippen LogP contribution in [0.5, 0.6) is 0 Å². The van der Waals surface area contributed by atoms with Gasteiger partial charge in [0.05, 0.1) is 0 Å². The van der Waals surface area contributed by atoms with Crippen molar-refractivity contribution in [2.45, 2.75) is 44.7 Å². The quantitative estimate of drug-likeness (QED) is 0.860. The largest absolute Gasteiger partial charge is 0.440 e. The van der Waals surface area contributed by atoms with Gasteiger partial charge in [-0.05, 0) is 62.5 Å². The summed E-state index contributed by atoms with van der Waals surface area (Å²) in [6, 6.07) is 4.14. The number of likely N-dealkylation sites (N-methyl/N-ethyl adjacent to an activating group) is 1. The van der Waals surface area contributed by atoms with Crippen molar-refractivity contribution in [2.75, 3.05) is 19.6 Å². The molecule has 1 aromatic heterocycles. The third kappa shape index (κ3) is 2.47. The van der Waals surface area contributed by atoms with Gasteiger partial charge < -0.3 is 9.32 Å². The summed E-state index contributed by atoms with van der Waals surface area (Å²) in [6.45, 7) is 5.25. The van der Waals surface area contributed by atoms with E-state index < -0.39 is 0 Å². The Labute approximate surface area is 124 Å². The van der Waals surface area contributed by atoms with E-state index in [1.165, 1.54) is 12.8 Å². The monoisotopic (exact) mass is 296 g/mol. The van der Waals surface area contributed by atoms with Crippen LogP contribution in [-0.2, 0) is 0 Å². The van der Waals surface area contributed by atoms with E-state index in [0.29, 0.717) is 17.8 Å². The van der Waals surface area contributed by atoms with Crippen LogP contribution in [0.1, 0.15) is 43.2 Å². The van der Waals surface area contributed by atoms with Gasteiger partial charge in [-0.15, -0.1) is 0 Å². The smallest absolute Gasteiger partial charge is 0.289 e. The molecule has 2 atom stereocenters. The number of hydrogen-bond donors (Lipinski definition) is 0. The van der Waals surface area contributed by atoms with Gasteiger partial charge in [0.15, 0.2) is 11.0 Å². The van der Waals surface area contributed by atoms with Crippen LogP contribution in [0, 0.1) is 0 Å². The van der Waals surface area contributed by atoms with Gasteiger partial charge in [-0.25, -0.2) is 0 Å². The Hall–Kier alpha value is -1.00. The predicted molar refractivity (Wildman–Crippen MR) is 78.0 cm³/mol. The summed E-state index contributed by atoms with van der Waals surface area (Å²) in [5, 5.41) is 0.278. The minimum absolute atomic E-state index is 0.0117. The molecule has 0 spiro atoms. The molecule has 4 nitrogen and oxygen atoms in total. The number of rotatable bonds is 3. The molecule has 0 bridgehead atoms. The lowest BCUT2D eigenvalue weighted by molar-refractivity contribution is 0.0619. The fourth-order valence-corrected chi connectivity index (χ4v) is 3.84. The maximum atomic E-state index is 12.6. The van der Waals surface area contributed by atoms with Crippen molar-refractivity contribution in [3.05, 3.63) is 23.1 Å². The number of carbonyl (C=O) groups is 1. The Morgan fingerprint density at radius 1 is 1.30 bits per heavy atom. The second-order valence-electron chi connectivity index (χ2n) is 5.65. The molecule has 3 heterocycles. The number of hydrogen-bond acceptors (Lipinski definition) is 3. The van der Waals surface area contributed by atoms with E-state index in [1.807, 2.05) is 4.90 Å². The Morgan fingerprint density at radius 2 is 2.05 bits per heavy atom. The van der Waals surface area contributed by atoms with Gasteiger partial charge in [0.25, 0.3) is 5.91 Å². The standard InChI is InChI=1S/C15H21ClN2O2/c1-2-17-9-3-5-11(17)12-6-4-10-18(12)15(19)13-7-8-14(16)20-13/h7-8,11-12H,2-6,9-10H2,1H3/t11-,12+/m0/s1. The Morgan fingerprint density at radius 3 is 2.75 bits per heavy atom. The van der Waals surface area contributed by atoms with Gasteiger partial charge in [-0.2, -0.15) is 0 Å². The molecule has 0 aromatic carbocycles. The summed E-state index contributed by atoms with van der Waals surface area (Å²) in [7, 11) is 0. The maximum Gasteiger partial charge on any atom is 0.289 e. The average Bonchev–Trinajstić information content (AvgIpc) is 3.16. The van der Waals surface area contributed by atoms with Crippen molar-refractivity contribution in [3.8, 4) is 0 Å². The van der Waals surface area contributed by atoms with Crippen LogP contribution in [0.2, 0.25) is 5.22 Å². The van der Waals surface area contributed by atoms with Crippen LogP contribution in [-0.4, -0.2) is 47.4 Å². The lowest BCUT2D eigenvalue weighted by Crippen LogP contribution is -2.48. The molecule has 0 radical (unpaired) electrons. The van der Waals surface area contributed by atoms with E-state index in [1.54, 1.807) is 12.1 Å². The molecule has 20 heavy (non-hydrogen) atoms. The van der Waals surface area contributed by atoms with Crippen LogP contribution >= 0.6 is 11.6 Å². The van der Waals surface area contributed by atoms with Crippen LogP contribution in [0.4, 0.5) is 0 Å². The zero-order valence-corrected chi connectivity index (χ0v) is 12.6. The number of halogens is 1. The molecule has 2 fully saturated rings. The van der Waals surface area contributed by atoms with Gasteiger partial charge >= 0.3 is 0 Å². The van der Waals surface area contributed by atoms with Gasteiger partial charge in [0.1, 0.15) is 0 Å². The minimum Gasteiger partial charge on any atom is -0.440 e. The third-order valence-electron chi connectivity index (χ3n) is 4.61. The molecule has 0 saturated carbocycles. The molecule has 1 aromatic rings. The van der Waals surface area contributed by atoms with Crippen molar-refractivity contribution in [2.24, 2.45) is 0 Å². The number of furan rings is 1. The highest BCUT2D eigenvalue weighted by molar-refractivity contribution is 6.29. The zero-order valence-electron chi connectivity index (χ0n) is 11.8. The number of likely N-dealkylation sites (tertiary alicyclic amines) is 2. The number of amides is 1. The number of carbonyl (C=O) groups excluding carboxylic acids is 1. The first-order valence-electron chi connectivity index (χ1n) is 7.51. The van der Waals surface area contributed by atoms with E-state index in [0.717, 1.165) is 32.5 Å². The lowest BCUT2D eigenvalue weighted by atomic mass is 10.0. The summed E-state index contributed by atoms with van der Waals surface area (Å²) in [5.41, 5.74) is 0. The van der Waals surface area contributed by atoms with Crippen molar-refractivity contribution >= 4 is 17.5 Å². The maximum absolute atomic E-state index is 12.6. The summed E-state index contributed by atoms with van der Waals surface area (Å²) in [4.78, 5) is 17.1. The van der Waals surface area contributed by atoms with Crippen LogP contribution < -0.4 is 0 Å². The first kappa shape index (κ1) is 14.0. The molecule has 5 heteroatoms. The SMILES string of the molecule is CCN1CCC[C@H]1[C@H]1CCCN1C(=O)c1ccc(Cl)o1. The summed E-state index contributed by atoms with van der Waals surface area (Å²) in [6.07, 6.45) is 4.62. The van der Waals surface area contributed by atoms with E-state index >= 15 is 0 Å². The summed E-state index contributed by atoms with van der Waals surface area (Å²) >= 11 is 5.77. The lowest BCUT2D eigenvalue weighted by Gasteiger charge is -2.34. The highest BCUT2D eigenvalue weighted by Gasteiger charge is 2.39. The van der Waals surface area contributed by atoms with Gasteiger partial charge in [0, 0.05) is 18.6 Å². The van der Waals surface area contributed by atoms with E-state index in [2.05, 4.69) is 11.8 Å². The zero-order chi connectivity index (χ0) is 14.1. The highest BCUT2D eigenvalue weighted by Crippen LogP contribution is 2.31. The molecule has 110 valence electrons.